The second kappa shape index (κ2) is 7.90. The van der Waals surface area contributed by atoms with Gasteiger partial charge in [-0.05, 0) is 37.8 Å². The highest BCUT2D eigenvalue weighted by Crippen LogP contribution is 2.43. The Bertz CT molecular complexity index is 607. The predicted octanol–water partition coefficient (Wildman–Crippen LogP) is 2.54. The highest BCUT2D eigenvalue weighted by Gasteiger charge is 2.30. The van der Waals surface area contributed by atoms with Crippen molar-refractivity contribution in [3.05, 3.63) is 12.1 Å². The van der Waals surface area contributed by atoms with E-state index in [1.807, 2.05) is 0 Å². The molecular weight excluding hydrogens is 314 g/mol. The Morgan fingerprint density at radius 1 is 0.958 bits per heavy atom. The van der Waals surface area contributed by atoms with Gasteiger partial charge in [-0.15, -0.1) is 0 Å². The van der Waals surface area contributed by atoms with Crippen molar-refractivity contribution in [1.29, 1.82) is 0 Å². The Balaban J connectivity index is 2.11. The molecular formula is C17H23NO6. The predicted molar refractivity (Wildman–Crippen MR) is 87.8 cm³/mol. The lowest BCUT2D eigenvalue weighted by atomic mass is 9.81. The molecule has 2 N–H and O–H groups in total. The number of amides is 1. The molecule has 0 aliphatic heterocycles. The van der Waals surface area contributed by atoms with Crippen molar-refractivity contribution < 1.29 is 28.9 Å². The maximum Gasteiger partial charge on any atom is 0.306 e. The van der Waals surface area contributed by atoms with Gasteiger partial charge in [-0.2, -0.15) is 0 Å². The molecule has 7 nitrogen and oxygen atoms in total. The first kappa shape index (κ1) is 17.9. The van der Waals surface area contributed by atoms with Crippen LogP contribution in [0.5, 0.6) is 17.2 Å². The van der Waals surface area contributed by atoms with Gasteiger partial charge in [-0.25, -0.2) is 0 Å². The summed E-state index contributed by atoms with van der Waals surface area (Å²) >= 11 is 0. The molecule has 24 heavy (non-hydrogen) atoms. The average Bonchev–Trinajstić information content (AvgIpc) is 2.61. The van der Waals surface area contributed by atoms with Gasteiger partial charge in [0.15, 0.2) is 11.5 Å². The minimum Gasteiger partial charge on any atom is -0.493 e. The van der Waals surface area contributed by atoms with Gasteiger partial charge in [0.05, 0.1) is 32.9 Å². The van der Waals surface area contributed by atoms with Gasteiger partial charge in [-0.3, -0.25) is 9.59 Å². The van der Waals surface area contributed by atoms with Crippen LogP contribution in [0, 0.1) is 11.8 Å². The van der Waals surface area contributed by atoms with E-state index in [0.717, 1.165) is 0 Å². The zero-order valence-electron chi connectivity index (χ0n) is 14.1. The number of carbonyl (C=O) groups is 2. The van der Waals surface area contributed by atoms with E-state index < -0.39 is 5.97 Å². The van der Waals surface area contributed by atoms with Crippen molar-refractivity contribution in [2.45, 2.75) is 25.7 Å². The zero-order chi connectivity index (χ0) is 17.7. The average molecular weight is 337 g/mol. The summed E-state index contributed by atoms with van der Waals surface area (Å²) < 4.78 is 15.9. The van der Waals surface area contributed by atoms with Gasteiger partial charge >= 0.3 is 5.97 Å². The van der Waals surface area contributed by atoms with E-state index in [-0.39, 0.29) is 17.7 Å². The van der Waals surface area contributed by atoms with Gasteiger partial charge in [0.1, 0.15) is 0 Å². The van der Waals surface area contributed by atoms with Crippen molar-refractivity contribution in [3.8, 4) is 17.2 Å². The molecule has 1 aliphatic carbocycles. The Kier molecular flexibility index (Phi) is 5.89. The van der Waals surface area contributed by atoms with Gasteiger partial charge in [-0.1, -0.05) is 0 Å². The molecule has 1 amide bonds. The first-order valence-electron chi connectivity index (χ1n) is 7.84. The molecule has 1 aromatic carbocycles. The number of methoxy groups -OCH3 is 3. The first-order chi connectivity index (χ1) is 11.5. The third-order valence-electron chi connectivity index (χ3n) is 4.41. The topological polar surface area (TPSA) is 94.1 Å². The van der Waals surface area contributed by atoms with Gasteiger partial charge in [0.2, 0.25) is 11.7 Å². The monoisotopic (exact) mass is 337 g/mol. The minimum absolute atomic E-state index is 0.135. The molecule has 0 saturated heterocycles. The molecule has 132 valence electrons. The number of nitrogens with one attached hydrogen (secondary N) is 1. The Hall–Kier alpha value is -2.44. The van der Waals surface area contributed by atoms with Crippen LogP contribution in [0.15, 0.2) is 12.1 Å². The molecule has 0 spiro atoms. The molecule has 0 bridgehead atoms. The molecule has 1 aromatic rings. The molecule has 0 atom stereocenters. The van der Waals surface area contributed by atoms with Crippen LogP contribution in [-0.2, 0) is 9.59 Å². The van der Waals surface area contributed by atoms with Gasteiger partial charge in [0, 0.05) is 5.92 Å². The van der Waals surface area contributed by atoms with Crippen molar-refractivity contribution in [2.75, 3.05) is 26.6 Å². The number of carboxylic acids is 1. The lowest BCUT2D eigenvalue weighted by molar-refractivity contribution is -0.143. The quantitative estimate of drug-likeness (QED) is 0.828. The second-order valence-corrected chi connectivity index (χ2v) is 5.76. The molecule has 1 aliphatic rings. The molecule has 0 unspecified atom stereocenters. The van der Waals surface area contributed by atoms with Crippen molar-refractivity contribution in [1.82, 2.24) is 0 Å². The van der Waals surface area contributed by atoms with Crippen LogP contribution in [-0.4, -0.2) is 38.3 Å². The number of carboxylic acid groups (broad SMARTS) is 1. The van der Waals surface area contributed by atoms with Crippen LogP contribution in [0.25, 0.3) is 0 Å². The molecule has 1 fully saturated rings. The molecule has 2 rings (SSSR count). The van der Waals surface area contributed by atoms with Gasteiger partial charge < -0.3 is 24.6 Å². The highest BCUT2D eigenvalue weighted by molar-refractivity contribution is 5.95. The molecule has 0 heterocycles. The number of hydrogen-bond donors (Lipinski definition) is 2. The lowest BCUT2D eigenvalue weighted by Crippen LogP contribution is -2.29. The third kappa shape index (κ3) is 3.72. The number of carbonyl (C=O) groups excluding carboxylic acids is 1. The summed E-state index contributed by atoms with van der Waals surface area (Å²) in [4.78, 5) is 23.5. The van der Waals surface area contributed by atoms with E-state index in [0.29, 0.717) is 48.6 Å². The number of benzene rings is 1. The normalized spacial score (nSPS) is 20.1. The largest absolute Gasteiger partial charge is 0.493 e. The Morgan fingerprint density at radius 2 is 1.54 bits per heavy atom. The first-order valence-corrected chi connectivity index (χ1v) is 7.84. The van der Waals surface area contributed by atoms with E-state index >= 15 is 0 Å². The van der Waals surface area contributed by atoms with Crippen LogP contribution < -0.4 is 19.5 Å². The van der Waals surface area contributed by atoms with Crippen LogP contribution in [0.4, 0.5) is 5.69 Å². The summed E-state index contributed by atoms with van der Waals surface area (Å²) in [6.45, 7) is 0. The van der Waals surface area contributed by atoms with Crippen molar-refractivity contribution in [2.24, 2.45) is 11.8 Å². The Morgan fingerprint density at radius 3 is 2.04 bits per heavy atom. The summed E-state index contributed by atoms with van der Waals surface area (Å²) in [7, 11) is 4.51. The fourth-order valence-electron chi connectivity index (χ4n) is 3.04. The number of hydrogen-bond acceptors (Lipinski definition) is 5. The standard InChI is InChI=1S/C17H23NO6/c1-22-13-9-8-12(14(23-2)15(13)24-3)18-16(19)10-4-6-11(7-5-10)17(20)21/h8-11H,4-7H2,1-3H3,(H,18,19)(H,20,21). The van der Waals surface area contributed by atoms with Crippen LogP contribution >= 0.6 is 0 Å². The van der Waals surface area contributed by atoms with Crippen LogP contribution in [0.3, 0.4) is 0 Å². The fraction of sp³-hybridized carbons (Fsp3) is 0.529. The fourth-order valence-corrected chi connectivity index (χ4v) is 3.04. The number of ether oxygens (including phenoxy) is 3. The van der Waals surface area contributed by atoms with Gasteiger partial charge in [0.25, 0.3) is 0 Å². The summed E-state index contributed by atoms with van der Waals surface area (Å²) in [6.07, 6.45) is 2.18. The maximum atomic E-state index is 12.5. The summed E-state index contributed by atoms with van der Waals surface area (Å²) in [6, 6.07) is 3.39. The lowest BCUT2D eigenvalue weighted by Gasteiger charge is -2.25. The van der Waals surface area contributed by atoms with Crippen molar-refractivity contribution >= 4 is 17.6 Å². The van der Waals surface area contributed by atoms with E-state index in [1.165, 1.54) is 21.3 Å². The summed E-state index contributed by atoms with van der Waals surface area (Å²) in [5.41, 5.74) is 0.500. The number of anilines is 1. The summed E-state index contributed by atoms with van der Waals surface area (Å²) in [5, 5.41) is 11.9. The molecule has 1 saturated carbocycles. The zero-order valence-corrected chi connectivity index (χ0v) is 14.1. The van der Waals surface area contributed by atoms with Crippen LogP contribution in [0.2, 0.25) is 0 Å². The Labute approximate surface area is 140 Å². The number of aliphatic carboxylic acids is 1. The summed E-state index contributed by atoms with van der Waals surface area (Å²) in [5.74, 6) is -0.144. The third-order valence-corrected chi connectivity index (χ3v) is 4.41. The molecule has 7 heteroatoms. The van der Waals surface area contributed by atoms with E-state index in [9.17, 15) is 9.59 Å². The van der Waals surface area contributed by atoms with Crippen LogP contribution in [0.1, 0.15) is 25.7 Å². The smallest absolute Gasteiger partial charge is 0.306 e. The second-order valence-electron chi connectivity index (χ2n) is 5.76. The SMILES string of the molecule is COc1ccc(NC(=O)C2CCC(C(=O)O)CC2)c(OC)c1OC. The van der Waals surface area contributed by atoms with E-state index in [2.05, 4.69) is 5.32 Å². The minimum atomic E-state index is -0.782. The molecule has 0 aromatic heterocycles. The van der Waals surface area contributed by atoms with E-state index in [1.54, 1.807) is 12.1 Å². The highest BCUT2D eigenvalue weighted by atomic mass is 16.5. The van der Waals surface area contributed by atoms with Crippen molar-refractivity contribution in [3.63, 3.8) is 0 Å². The molecule has 0 radical (unpaired) electrons. The number of rotatable bonds is 6. The maximum absolute atomic E-state index is 12.5. The van der Waals surface area contributed by atoms with E-state index in [4.69, 9.17) is 19.3 Å².